The van der Waals surface area contributed by atoms with Crippen LogP contribution in [0.2, 0.25) is 5.02 Å². The predicted molar refractivity (Wildman–Crippen MR) is 112 cm³/mol. The van der Waals surface area contributed by atoms with Gasteiger partial charge in [-0.05, 0) is 24.5 Å². The number of fused-ring (bicyclic) bond motifs is 1. The molecule has 0 saturated carbocycles. The summed E-state index contributed by atoms with van der Waals surface area (Å²) in [5.74, 6) is 1.25. The number of carbonyl (C=O) groups excluding carboxylic acids is 2. The summed E-state index contributed by atoms with van der Waals surface area (Å²) in [6.45, 7) is 6.56. The lowest BCUT2D eigenvalue weighted by Gasteiger charge is -2.46. The van der Waals surface area contributed by atoms with Gasteiger partial charge < -0.3 is 29.5 Å². The quantitative estimate of drug-likeness (QED) is 0.781. The number of urea groups is 1. The number of hydrogen-bond donors (Lipinski definition) is 1. The van der Waals surface area contributed by atoms with Gasteiger partial charge in [0.2, 0.25) is 5.91 Å². The summed E-state index contributed by atoms with van der Waals surface area (Å²) in [5.41, 5.74) is 1.01. The highest BCUT2D eigenvalue weighted by Crippen LogP contribution is 2.38. The molecule has 0 spiro atoms. The molecular weight excluding hydrogens is 408 g/mol. The van der Waals surface area contributed by atoms with Crippen LogP contribution in [0.5, 0.6) is 5.75 Å². The Labute approximate surface area is 181 Å². The maximum Gasteiger partial charge on any atom is 0.320 e. The van der Waals surface area contributed by atoms with Crippen molar-refractivity contribution in [3.63, 3.8) is 0 Å². The van der Waals surface area contributed by atoms with Crippen LogP contribution in [0.15, 0.2) is 18.2 Å². The van der Waals surface area contributed by atoms with Gasteiger partial charge in [0.15, 0.2) is 0 Å². The van der Waals surface area contributed by atoms with E-state index in [9.17, 15) is 9.59 Å². The fourth-order valence-corrected chi connectivity index (χ4v) is 4.94. The molecule has 4 saturated heterocycles. The van der Waals surface area contributed by atoms with Crippen LogP contribution in [0, 0.1) is 5.92 Å². The molecule has 5 rings (SSSR count). The summed E-state index contributed by atoms with van der Waals surface area (Å²) >= 11 is 6.58. The number of nitrogens with one attached hydrogen (secondary N) is 1. The number of anilines is 1. The zero-order valence-electron chi connectivity index (χ0n) is 17.1. The number of morpholine rings is 1. The van der Waals surface area contributed by atoms with E-state index in [4.69, 9.17) is 21.1 Å². The molecule has 30 heavy (non-hydrogen) atoms. The fourth-order valence-electron chi connectivity index (χ4n) is 4.65. The average molecular weight is 435 g/mol. The number of piperidine rings is 1. The van der Waals surface area contributed by atoms with Crippen molar-refractivity contribution in [3.8, 4) is 5.75 Å². The van der Waals surface area contributed by atoms with Crippen LogP contribution in [-0.2, 0) is 9.53 Å². The highest BCUT2D eigenvalue weighted by atomic mass is 35.5. The van der Waals surface area contributed by atoms with Gasteiger partial charge >= 0.3 is 6.03 Å². The first-order valence-electron chi connectivity index (χ1n) is 10.6. The molecule has 4 fully saturated rings. The first-order valence-corrected chi connectivity index (χ1v) is 11.0. The normalized spacial score (nSPS) is 27.1. The molecule has 1 aromatic carbocycles. The van der Waals surface area contributed by atoms with Crippen molar-refractivity contribution >= 4 is 29.2 Å². The number of rotatable bonds is 3. The van der Waals surface area contributed by atoms with Gasteiger partial charge in [0.25, 0.3) is 0 Å². The Kier molecular flexibility index (Phi) is 5.14. The molecule has 4 heterocycles. The Morgan fingerprint density at radius 2 is 2.00 bits per heavy atom. The third-order valence-corrected chi connectivity index (χ3v) is 6.73. The summed E-state index contributed by atoms with van der Waals surface area (Å²) in [6.07, 6.45) is 0.678. The van der Waals surface area contributed by atoms with Crippen LogP contribution < -0.4 is 15.0 Å². The van der Waals surface area contributed by atoms with Gasteiger partial charge in [-0.25, -0.2) is 4.79 Å². The molecule has 4 aliphatic heterocycles. The molecule has 8 nitrogen and oxygen atoms in total. The van der Waals surface area contributed by atoms with Crippen LogP contribution >= 0.6 is 11.6 Å². The largest absolute Gasteiger partial charge is 0.485 e. The molecule has 1 unspecified atom stereocenters. The molecule has 2 atom stereocenters. The Morgan fingerprint density at radius 3 is 2.77 bits per heavy atom. The highest BCUT2D eigenvalue weighted by molar-refractivity contribution is 6.34. The van der Waals surface area contributed by atoms with E-state index in [1.54, 1.807) is 9.80 Å². The number of hydrogen-bond acceptors (Lipinski definition) is 5. The highest BCUT2D eigenvalue weighted by Gasteiger charge is 2.40. The van der Waals surface area contributed by atoms with Gasteiger partial charge in [-0.2, -0.15) is 0 Å². The first kappa shape index (κ1) is 19.8. The van der Waals surface area contributed by atoms with Crippen molar-refractivity contribution in [1.29, 1.82) is 0 Å². The van der Waals surface area contributed by atoms with E-state index < -0.39 is 0 Å². The Balaban J connectivity index is 1.14. The lowest BCUT2D eigenvalue weighted by atomic mass is 10.0. The van der Waals surface area contributed by atoms with E-state index in [0.29, 0.717) is 42.9 Å². The Hall–Kier alpha value is -2.19. The molecule has 9 heteroatoms. The maximum atomic E-state index is 12.8. The lowest BCUT2D eigenvalue weighted by Crippen LogP contribution is -2.65. The smallest absolute Gasteiger partial charge is 0.320 e. The molecule has 1 aromatic rings. The molecule has 0 aromatic heterocycles. The van der Waals surface area contributed by atoms with Gasteiger partial charge in [-0.3, -0.25) is 4.79 Å². The lowest BCUT2D eigenvalue weighted by molar-refractivity contribution is -0.139. The summed E-state index contributed by atoms with van der Waals surface area (Å²) in [6, 6.07) is 5.74. The molecule has 0 radical (unpaired) electrons. The van der Waals surface area contributed by atoms with Crippen molar-refractivity contribution in [3.05, 3.63) is 23.2 Å². The minimum Gasteiger partial charge on any atom is -0.485 e. The van der Waals surface area contributed by atoms with Gasteiger partial charge in [-0.15, -0.1) is 0 Å². The monoisotopic (exact) mass is 434 g/mol. The zero-order chi connectivity index (χ0) is 20.8. The minimum atomic E-state index is -0.122. The Morgan fingerprint density at radius 1 is 1.20 bits per heavy atom. The van der Waals surface area contributed by atoms with Crippen molar-refractivity contribution < 1.29 is 19.1 Å². The first-order chi connectivity index (χ1) is 14.5. The molecule has 0 aliphatic carbocycles. The standard InChI is InChI=1S/C21H27ClN4O4/c1-13-7-25(8-13)16-3-2-4-18(20(16)22)30-14-9-26(10-14)21(28)24-6-5-17-15(11-24)23-19(27)12-29-17/h2-4,13-15,17H,5-12H2,1H3,(H,23,27)/t15-,17?/m1/s1. The van der Waals surface area contributed by atoms with Crippen LogP contribution in [0.1, 0.15) is 13.3 Å². The van der Waals surface area contributed by atoms with Crippen LogP contribution in [-0.4, -0.2) is 85.9 Å². The molecule has 0 bridgehead atoms. The number of amides is 3. The maximum absolute atomic E-state index is 12.8. The van der Waals surface area contributed by atoms with Crippen molar-refractivity contribution in [2.24, 2.45) is 5.92 Å². The van der Waals surface area contributed by atoms with E-state index in [2.05, 4.69) is 17.1 Å². The summed E-state index contributed by atoms with van der Waals surface area (Å²) < 4.78 is 11.6. The number of halogens is 1. The second-order valence-electron chi connectivity index (χ2n) is 8.78. The van der Waals surface area contributed by atoms with Gasteiger partial charge in [-0.1, -0.05) is 24.6 Å². The van der Waals surface area contributed by atoms with Crippen LogP contribution in [0.25, 0.3) is 0 Å². The average Bonchev–Trinajstić information content (AvgIpc) is 2.68. The van der Waals surface area contributed by atoms with Crippen molar-refractivity contribution in [2.75, 3.05) is 50.8 Å². The molecule has 1 N–H and O–H groups in total. The minimum absolute atomic E-state index is 0.00281. The molecule has 3 amide bonds. The fraction of sp³-hybridized carbons (Fsp3) is 0.619. The van der Waals surface area contributed by atoms with Crippen LogP contribution in [0.3, 0.4) is 0 Å². The molecule has 4 aliphatic rings. The zero-order valence-corrected chi connectivity index (χ0v) is 17.8. The van der Waals surface area contributed by atoms with Crippen molar-refractivity contribution in [1.82, 2.24) is 15.1 Å². The number of likely N-dealkylation sites (tertiary alicyclic amines) is 2. The summed E-state index contributed by atoms with van der Waals surface area (Å²) in [4.78, 5) is 30.2. The summed E-state index contributed by atoms with van der Waals surface area (Å²) in [7, 11) is 0. The van der Waals surface area contributed by atoms with E-state index in [1.165, 1.54) is 0 Å². The van der Waals surface area contributed by atoms with E-state index in [1.807, 2.05) is 18.2 Å². The SMILES string of the molecule is CC1CN(c2cccc(OC3CN(C(=O)N4CCC5OCC(=O)N[C@@H]5C4)C3)c2Cl)C1. The topological polar surface area (TPSA) is 74.3 Å². The number of benzene rings is 1. The molecule has 162 valence electrons. The number of nitrogens with zero attached hydrogens (tertiary/aromatic N) is 3. The van der Waals surface area contributed by atoms with Crippen LogP contribution in [0.4, 0.5) is 10.5 Å². The van der Waals surface area contributed by atoms with Gasteiger partial charge in [0.1, 0.15) is 23.5 Å². The predicted octanol–water partition coefficient (Wildman–Crippen LogP) is 1.57. The van der Waals surface area contributed by atoms with Gasteiger partial charge in [0.05, 0.1) is 30.9 Å². The van der Waals surface area contributed by atoms with E-state index >= 15 is 0 Å². The van der Waals surface area contributed by atoms with Crippen molar-refractivity contribution in [2.45, 2.75) is 31.6 Å². The summed E-state index contributed by atoms with van der Waals surface area (Å²) in [5, 5.41) is 3.58. The second-order valence-corrected chi connectivity index (χ2v) is 9.16. The molecular formula is C21H27ClN4O4. The van der Waals surface area contributed by atoms with E-state index in [0.717, 1.165) is 25.2 Å². The number of carbonyl (C=O) groups is 2. The van der Waals surface area contributed by atoms with Gasteiger partial charge in [0, 0.05) is 26.2 Å². The second kappa shape index (κ2) is 7.81. The Bertz CT molecular complexity index is 840. The number of ether oxygens (including phenoxy) is 2. The third kappa shape index (κ3) is 3.67. The van der Waals surface area contributed by atoms with E-state index in [-0.39, 0.29) is 36.8 Å². The third-order valence-electron chi connectivity index (χ3n) is 6.35.